The maximum Gasteiger partial charge on any atom is 0.291 e. The van der Waals surface area contributed by atoms with Crippen molar-refractivity contribution in [1.29, 1.82) is 0 Å². The number of aromatic nitrogens is 2. The van der Waals surface area contributed by atoms with Gasteiger partial charge in [-0.25, -0.2) is 10.4 Å². The summed E-state index contributed by atoms with van der Waals surface area (Å²) in [5.41, 5.74) is 5.98. The van der Waals surface area contributed by atoms with Crippen LogP contribution in [0.15, 0.2) is 60.0 Å². The van der Waals surface area contributed by atoms with Gasteiger partial charge in [-0.15, -0.1) is 0 Å². The van der Waals surface area contributed by atoms with Crippen molar-refractivity contribution in [2.45, 2.75) is 6.92 Å². The molecule has 28 heavy (non-hydrogen) atoms. The highest BCUT2D eigenvalue weighted by atomic mass is 16.5. The number of carbonyl (C=O) groups is 1. The van der Waals surface area contributed by atoms with Crippen LogP contribution in [0.3, 0.4) is 0 Å². The summed E-state index contributed by atoms with van der Waals surface area (Å²) in [7, 11) is 3.13. The maximum absolute atomic E-state index is 12.4. The van der Waals surface area contributed by atoms with Crippen molar-refractivity contribution in [1.82, 2.24) is 15.4 Å². The smallest absolute Gasteiger partial charge is 0.291 e. The first-order chi connectivity index (χ1) is 13.6. The van der Waals surface area contributed by atoms with Gasteiger partial charge >= 0.3 is 0 Å². The minimum absolute atomic E-state index is 0.182. The largest absolute Gasteiger partial charge is 0.497 e. The third kappa shape index (κ3) is 4.50. The molecule has 0 saturated carbocycles. The molecule has 0 aliphatic heterocycles. The van der Waals surface area contributed by atoms with Crippen LogP contribution < -0.4 is 14.9 Å². The molecule has 1 amide bonds. The van der Waals surface area contributed by atoms with Crippen LogP contribution in [0.25, 0.3) is 11.3 Å². The van der Waals surface area contributed by atoms with Gasteiger partial charge in [0.2, 0.25) is 0 Å². The highest BCUT2D eigenvalue weighted by Crippen LogP contribution is 2.22. The summed E-state index contributed by atoms with van der Waals surface area (Å²) in [4.78, 5) is 20.9. The van der Waals surface area contributed by atoms with E-state index in [1.807, 2.05) is 31.2 Å². The van der Waals surface area contributed by atoms with E-state index in [1.165, 1.54) is 12.4 Å². The lowest BCUT2D eigenvalue weighted by atomic mass is 10.1. The van der Waals surface area contributed by atoms with E-state index in [9.17, 15) is 4.79 Å². The molecular formula is C21H20N4O3. The lowest BCUT2D eigenvalue weighted by Crippen LogP contribution is -2.19. The highest BCUT2D eigenvalue weighted by Gasteiger charge is 2.10. The Hall–Kier alpha value is -3.74. The number of carbonyl (C=O) groups excluding carboxylic acids is 1. The summed E-state index contributed by atoms with van der Waals surface area (Å²) >= 11 is 0. The van der Waals surface area contributed by atoms with E-state index in [1.54, 1.807) is 38.6 Å². The first-order valence-corrected chi connectivity index (χ1v) is 8.55. The number of amides is 1. The number of nitrogens with one attached hydrogen (secondary N) is 1. The second-order valence-corrected chi connectivity index (χ2v) is 5.95. The fourth-order valence-electron chi connectivity index (χ4n) is 2.59. The van der Waals surface area contributed by atoms with E-state index in [4.69, 9.17) is 9.47 Å². The fraction of sp³-hybridized carbons (Fsp3) is 0.143. The van der Waals surface area contributed by atoms with Gasteiger partial charge in [0, 0.05) is 17.2 Å². The van der Waals surface area contributed by atoms with Crippen molar-refractivity contribution in [2.75, 3.05) is 14.2 Å². The topological polar surface area (TPSA) is 85.7 Å². The average molecular weight is 376 g/mol. The third-order valence-electron chi connectivity index (χ3n) is 4.04. The number of methoxy groups -OCH3 is 2. The molecule has 0 aliphatic carbocycles. The van der Waals surface area contributed by atoms with E-state index >= 15 is 0 Å². The highest BCUT2D eigenvalue weighted by molar-refractivity contribution is 5.93. The zero-order valence-electron chi connectivity index (χ0n) is 15.8. The number of ether oxygens (including phenoxy) is 2. The number of nitrogens with zero attached hydrogens (tertiary/aromatic N) is 3. The fourth-order valence-corrected chi connectivity index (χ4v) is 2.59. The van der Waals surface area contributed by atoms with Crippen molar-refractivity contribution in [2.24, 2.45) is 5.10 Å². The van der Waals surface area contributed by atoms with Gasteiger partial charge in [-0.3, -0.25) is 9.78 Å². The molecule has 0 unspecified atom stereocenters. The maximum atomic E-state index is 12.4. The Bertz CT molecular complexity index is 996. The molecule has 0 saturated heterocycles. The summed E-state index contributed by atoms with van der Waals surface area (Å²) in [5, 5.41) is 3.99. The number of hydrogen-bond acceptors (Lipinski definition) is 6. The van der Waals surface area contributed by atoms with Crippen molar-refractivity contribution in [3.63, 3.8) is 0 Å². The predicted octanol–water partition coefficient (Wildman–Crippen LogP) is 3.23. The van der Waals surface area contributed by atoms with E-state index in [-0.39, 0.29) is 5.69 Å². The lowest BCUT2D eigenvalue weighted by molar-refractivity contribution is 0.0950. The monoisotopic (exact) mass is 376 g/mol. The number of aryl methyl sites for hydroxylation is 1. The van der Waals surface area contributed by atoms with Crippen LogP contribution in [0.5, 0.6) is 11.5 Å². The molecule has 0 aliphatic rings. The lowest BCUT2D eigenvalue weighted by Gasteiger charge is -2.06. The number of benzene rings is 2. The summed E-state index contributed by atoms with van der Waals surface area (Å²) in [6.45, 7) is 1.98. The Balaban J connectivity index is 1.75. The first kappa shape index (κ1) is 19.0. The van der Waals surface area contributed by atoms with Gasteiger partial charge in [-0.2, -0.15) is 5.10 Å². The van der Waals surface area contributed by atoms with Gasteiger partial charge in [0.1, 0.15) is 17.2 Å². The van der Waals surface area contributed by atoms with Gasteiger partial charge in [-0.05, 0) is 24.6 Å². The molecular weight excluding hydrogens is 356 g/mol. The van der Waals surface area contributed by atoms with E-state index in [0.29, 0.717) is 17.2 Å². The van der Waals surface area contributed by atoms with Crippen LogP contribution in [0.2, 0.25) is 0 Å². The van der Waals surface area contributed by atoms with Crippen LogP contribution in [0.4, 0.5) is 0 Å². The van der Waals surface area contributed by atoms with Crippen LogP contribution in [-0.4, -0.2) is 36.3 Å². The number of hydrazone groups is 1. The molecule has 0 atom stereocenters. The zero-order valence-corrected chi connectivity index (χ0v) is 15.8. The molecule has 2 aromatic carbocycles. The molecule has 3 rings (SSSR count). The standard InChI is InChI=1S/C21H20N4O3/c1-14-6-4-5-7-18(14)19-12-22-13-20(24-19)21(26)25-23-11-15-8-16(27-2)10-17(9-15)28-3/h4-13H,1-3H3,(H,25,26). The molecule has 1 N–H and O–H groups in total. The van der Waals surface area contributed by atoms with E-state index < -0.39 is 5.91 Å². The predicted molar refractivity (Wildman–Crippen MR) is 107 cm³/mol. The van der Waals surface area contributed by atoms with Gasteiger partial charge in [0.15, 0.2) is 0 Å². The van der Waals surface area contributed by atoms with Gasteiger partial charge in [-0.1, -0.05) is 24.3 Å². The quantitative estimate of drug-likeness (QED) is 0.527. The Labute approximate surface area is 163 Å². The molecule has 0 radical (unpaired) electrons. The van der Waals surface area contributed by atoms with Crippen LogP contribution in [0.1, 0.15) is 21.6 Å². The Kier molecular flexibility index (Phi) is 5.96. The molecule has 0 fully saturated rings. The van der Waals surface area contributed by atoms with Crippen molar-refractivity contribution >= 4 is 12.1 Å². The van der Waals surface area contributed by atoms with E-state index in [2.05, 4.69) is 20.5 Å². The molecule has 1 heterocycles. The second-order valence-electron chi connectivity index (χ2n) is 5.95. The summed E-state index contributed by atoms with van der Waals surface area (Å²) < 4.78 is 10.4. The van der Waals surface area contributed by atoms with Gasteiger partial charge in [0.05, 0.1) is 38.5 Å². The zero-order chi connectivity index (χ0) is 19.9. The SMILES string of the molecule is COc1cc(C=NNC(=O)c2cncc(-c3ccccc3C)n2)cc(OC)c1. The van der Waals surface area contributed by atoms with E-state index in [0.717, 1.165) is 16.7 Å². The summed E-state index contributed by atoms with van der Waals surface area (Å²) in [6, 6.07) is 13.1. The second kappa shape index (κ2) is 8.77. The Morgan fingerprint density at radius 3 is 2.46 bits per heavy atom. The summed E-state index contributed by atoms with van der Waals surface area (Å²) in [5.74, 6) is 0.807. The van der Waals surface area contributed by atoms with Crippen molar-refractivity contribution in [3.8, 4) is 22.8 Å². The minimum Gasteiger partial charge on any atom is -0.497 e. The number of rotatable bonds is 6. The van der Waals surface area contributed by atoms with Crippen molar-refractivity contribution in [3.05, 3.63) is 71.7 Å². The molecule has 0 bridgehead atoms. The molecule has 7 nitrogen and oxygen atoms in total. The molecule has 3 aromatic rings. The Morgan fingerprint density at radius 1 is 1.07 bits per heavy atom. The molecule has 1 aromatic heterocycles. The summed E-state index contributed by atoms with van der Waals surface area (Å²) in [6.07, 6.45) is 4.54. The normalized spacial score (nSPS) is 10.7. The first-order valence-electron chi connectivity index (χ1n) is 8.55. The van der Waals surface area contributed by atoms with Gasteiger partial charge in [0.25, 0.3) is 5.91 Å². The van der Waals surface area contributed by atoms with Crippen LogP contribution in [0, 0.1) is 6.92 Å². The van der Waals surface area contributed by atoms with Crippen molar-refractivity contribution < 1.29 is 14.3 Å². The molecule has 142 valence electrons. The average Bonchev–Trinajstić information content (AvgIpc) is 2.73. The third-order valence-corrected chi connectivity index (χ3v) is 4.04. The van der Waals surface area contributed by atoms with Crippen LogP contribution >= 0.6 is 0 Å². The number of hydrogen-bond donors (Lipinski definition) is 1. The molecule has 0 spiro atoms. The van der Waals surface area contributed by atoms with Crippen LogP contribution in [-0.2, 0) is 0 Å². The van der Waals surface area contributed by atoms with Gasteiger partial charge < -0.3 is 9.47 Å². The minimum atomic E-state index is -0.450. The Morgan fingerprint density at radius 2 is 1.79 bits per heavy atom. The molecule has 7 heteroatoms.